The van der Waals surface area contributed by atoms with Crippen LogP contribution in [0, 0.1) is 12.7 Å². The van der Waals surface area contributed by atoms with Gasteiger partial charge in [0, 0.05) is 38.4 Å². The number of aryl methyl sites for hydroxylation is 2. The Morgan fingerprint density at radius 1 is 1.29 bits per heavy atom. The van der Waals surface area contributed by atoms with Crippen LogP contribution in [0.5, 0.6) is 0 Å². The molecular formula is C21H23FN6O2S. The lowest BCUT2D eigenvalue weighted by Gasteiger charge is -2.17. The molecule has 31 heavy (non-hydrogen) atoms. The minimum absolute atomic E-state index is 0.0928. The van der Waals surface area contributed by atoms with E-state index in [9.17, 15) is 14.0 Å². The van der Waals surface area contributed by atoms with Crippen LogP contribution in [-0.2, 0) is 20.1 Å². The number of carbonyl (C=O) groups excluding carboxylic acids is 2. The third-order valence-corrected chi connectivity index (χ3v) is 6.25. The normalized spacial score (nSPS) is 16.3. The highest BCUT2D eigenvalue weighted by Crippen LogP contribution is 2.32. The van der Waals surface area contributed by atoms with Crippen LogP contribution in [0.3, 0.4) is 0 Å². The van der Waals surface area contributed by atoms with Crippen LogP contribution in [0.4, 0.5) is 14.3 Å². The summed E-state index contributed by atoms with van der Waals surface area (Å²) in [4.78, 5) is 34.0. The molecule has 162 valence electrons. The maximum Gasteiger partial charge on any atom is 0.326 e. The number of amides is 3. The van der Waals surface area contributed by atoms with Gasteiger partial charge in [-0.1, -0.05) is 23.5 Å². The Balaban J connectivity index is 1.45. The van der Waals surface area contributed by atoms with Gasteiger partial charge in [0.15, 0.2) is 5.13 Å². The molecule has 4 rings (SSSR count). The summed E-state index contributed by atoms with van der Waals surface area (Å²) >= 11 is 1.21. The highest BCUT2D eigenvalue weighted by Gasteiger charge is 2.37. The van der Waals surface area contributed by atoms with Crippen LogP contribution >= 0.6 is 11.3 Å². The maximum atomic E-state index is 13.1. The number of aromatic nitrogens is 3. The molecule has 10 heteroatoms. The second-order valence-electron chi connectivity index (χ2n) is 7.62. The quantitative estimate of drug-likeness (QED) is 0.636. The fourth-order valence-electron chi connectivity index (χ4n) is 3.55. The van der Waals surface area contributed by atoms with Gasteiger partial charge in [-0.3, -0.25) is 14.4 Å². The second-order valence-corrected chi connectivity index (χ2v) is 8.60. The van der Waals surface area contributed by atoms with Gasteiger partial charge in [-0.25, -0.2) is 14.2 Å². The lowest BCUT2D eigenvalue weighted by atomic mass is 10.2. The van der Waals surface area contributed by atoms with Gasteiger partial charge in [-0.15, -0.1) is 0 Å². The highest BCUT2D eigenvalue weighted by molar-refractivity contribution is 7.17. The highest BCUT2D eigenvalue weighted by atomic mass is 32.1. The van der Waals surface area contributed by atoms with Crippen LogP contribution in [0.25, 0.3) is 0 Å². The number of anilines is 1. The summed E-state index contributed by atoms with van der Waals surface area (Å²) in [5.74, 6) is -0.536. The molecule has 1 atom stereocenters. The summed E-state index contributed by atoms with van der Waals surface area (Å²) in [6.07, 6.45) is 3.54. The van der Waals surface area contributed by atoms with Crippen molar-refractivity contribution in [2.75, 3.05) is 11.4 Å². The Labute approximate surface area is 183 Å². The van der Waals surface area contributed by atoms with Crippen molar-refractivity contribution >= 4 is 28.4 Å². The zero-order chi connectivity index (χ0) is 22.1. The molecule has 1 aliphatic rings. The third kappa shape index (κ3) is 4.43. The van der Waals surface area contributed by atoms with Crippen LogP contribution in [0.15, 0.2) is 36.7 Å². The van der Waals surface area contributed by atoms with Crippen LogP contribution in [-0.4, -0.2) is 44.2 Å². The first-order chi connectivity index (χ1) is 14.8. The minimum atomic E-state index is -0.306. The van der Waals surface area contributed by atoms with E-state index in [0.717, 1.165) is 11.1 Å². The van der Waals surface area contributed by atoms with Crippen LogP contribution in [0.2, 0.25) is 0 Å². The number of nitrogens with zero attached hydrogens (tertiary/aromatic N) is 5. The average molecular weight is 443 g/mol. The van der Waals surface area contributed by atoms with Crippen molar-refractivity contribution < 1.29 is 14.0 Å². The molecule has 3 amide bonds. The lowest BCUT2D eigenvalue weighted by Crippen LogP contribution is -2.33. The monoisotopic (exact) mass is 442 g/mol. The van der Waals surface area contributed by atoms with E-state index in [1.807, 2.05) is 20.2 Å². The first kappa shape index (κ1) is 21.0. The average Bonchev–Trinajstić information content (AvgIpc) is 3.39. The molecule has 1 fully saturated rings. The van der Waals surface area contributed by atoms with Crippen LogP contribution < -0.4 is 10.2 Å². The predicted molar refractivity (Wildman–Crippen MR) is 115 cm³/mol. The molecule has 0 aliphatic carbocycles. The number of hydrogen-bond acceptors (Lipinski definition) is 5. The van der Waals surface area contributed by atoms with Crippen molar-refractivity contribution in [1.29, 1.82) is 0 Å². The standard InChI is InChI=1S/C21H23FN6O2S/c1-13-10-27(12-15-4-6-17(22)7-5-15)21(30)28(13)20-25-14(2)18(31-20)19(29)23-8-16-9-24-26(3)11-16/h4-7,9,11,13H,8,10,12H2,1-3H3,(H,23,29)/t13-/m0/s1. The molecule has 0 saturated carbocycles. The number of rotatable bonds is 6. The van der Waals surface area contributed by atoms with E-state index in [1.165, 1.54) is 23.5 Å². The summed E-state index contributed by atoms with van der Waals surface area (Å²) in [5, 5.41) is 7.47. The summed E-state index contributed by atoms with van der Waals surface area (Å²) < 4.78 is 14.8. The zero-order valence-corrected chi connectivity index (χ0v) is 18.3. The largest absolute Gasteiger partial charge is 0.347 e. The van der Waals surface area contributed by atoms with E-state index in [0.29, 0.717) is 35.3 Å². The number of hydrogen-bond donors (Lipinski definition) is 1. The summed E-state index contributed by atoms with van der Waals surface area (Å²) in [6.45, 7) is 4.99. The molecule has 1 aromatic carbocycles. The molecule has 0 bridgehead atoms. The van der Waals surface area contributed by atoms with Gasteiger partial charge in [-0.05, 0) is 31.5 Å². The smallest absolute Gasteiger partial charge is 0.326 e. The van der Waals surface area contributed by atoms with Crippen LogP contribution in [0.1, 0.15) is 33.4 Å². The second kappa shape index (κ2) is 8.46. The van der Waals surface area contributed by atoms with Gasteiger partial charge in [0.2, 0.25) is 0 Å². The molecule has 1 N–H and O–H groups in total. The molecule has 0 spiro atoms. The van der Waals surface area contributed by atoms with Crippen molar-refractivity contribution in [1.82, 2.24) is 25.0 Å². The molecular weight excluding hydrogens is 419 g/mol. The van der Waals surface area contributed by atoms with Gasteiger partial charge in [0.25, 0.3) is 5.91 Å². The van der Waals surface area contributed by atoms with Crippen molar-refractivity contribution in [3.63, 3.8) is 0 Å². The number of thiazole rings is 1. The zero-order valence-electron chi connectivity index (χ0n) is 17.5. The van der Waals surface area contributed by atoms with Gasteiger partial charge in [0.05, 0.1) is 17.9 Å². The Kier molecular flexibility index (Phi) is 5.73. The number of carbonyl (C=O) groups is 2. The summed E-state index contributed by atoms with van der Waals surface area (Å²) in [5.41, 5.74) is 2.34. The number of halogens is 1. The van der Waals surface area contributed by atoms with Gasteiger partial charge < -0.3 is 10.2 Å². The van der Waals surface area contributed by atoms with E-state index in [2.05, 4.69) is 15.4 Å². The number of nitrogens with one attached hydrogen (secondary N) is 1. The predicted octanol–water partition coefficient (Wildman–Crippen LogP) is 3.08. The van der Waals surface area contributed by atoms with E-state index in [4.69, 9.17) is 0 Å². The fourth-order valence-corrected chi connectivity index (χ4v) is 4.63. The Morgan fingerprint density at radius 3 is 2.71 bits per heavy atom. The van der Waals surface area contributed by atoms with Crippen molar-refractivity contribution in [2.24, 2.45) is 7.05 Å². The molecule has 8 nitrogen and oxygen atoms in total. The first-order valence-corrected chi connectivity index (χ1v) is 10.7. The summed E-state index contributed by atoms with van der Waals surface area (Å²) in [6, 6.07) is 5.86. The van der Waals surface area contributed by atoms with Gasteiger partial charge in [-0.2, -0.15) is 5.10 Å². The maximum absolute atomic E-state index is 13.1. The van der Waals surface area contributed by atoms with E-state index >= 15 is 0 Å². The Bertz CT molecular complexity index is 1110. The molecule has 1 aliphatic heterocycles. The van der Waals surface area contributed by atoms with Crippen molar-refractivity contribution in [3.8, 4) is 0 Å². The van der Waals surface area contributed by atoms with E-state index < -0.39 is 0 Å². The Morgan fingerprint density at radius 2 is 2.03 bits per heavy atom. The lowest BCUT2D eigenvalue weighted by molar-refractivity contribution is 0.0954. The SMILES string of the molecule is Cc1nc(N2C(=O)N(Cc3ccc(F)cc3)C[C@@H]2C)sc1C(=O)NCc1cnn(C)c1. The molecule has 3 aromatic rings. The minimum Gasteiger partial charge on any atom is -0.347 e. The molecule has 0 unspecified atom stereocenters. The summed E-state index contributed by atoms with van der Waals surface area (Å²) in [7, 11) is 1.82. The van der Waals surface area contributed by atoms with E-state index in [-0.39, 0.29) is 23.8 Å². The topological polar surface area (TPSA) is 83.4 Å². The van der Waals surface area contributed by atoms with Crippen molar-refractivity contribution in [3.05, 3.63) is 64.2 Å². The van der Waals surface area contributed by atoms with Gasteiger partial charge >= 0.3 is 6.03 Å². The Hall–Kier alpha value is -3.27. The van der Waals surface area contributed by atoms with Crippen molar-refractivity contribution in [2.45, 2.75) is 33.0 Å². The molecule has 3 heterocycles. The third-order valence-electron chi connectivity index (χ3n) is 5.10. The molecule has 0 radical (unpaired) electrons. The number of urea groups is 1. The van der Waals surface area contributed by atoms with E-state index in [1.54, 1.807) is 39.7 Å². The first-order valence-electron chi connectivity index (χ1n) is 9.87. The van der Waals surface area contributed by atoms with Gasteiger partial charge in [0.1, 0.15) is 10.7 Å². The molecule has 1 saturated heterocycles. The molecule has 2 aromatic heterocycles. The number of benzene rings is 1. The fraction of sp³-hybridized carbons (Fsp3) is 0.333.